The Morgan fingerprint density at radius 3 is 2.56 bits per heavy atom. The largest absolute Gasteiger partial charge is 0.396 e. The number of hydroxylamine groups is 1. The molecule has 138 valence electrons. The van der Waals surface area contributed by atoms with Gasteiger partial charge in [-0.1, -0.05) is 29.4 Å². The molecule has 0 fully saturated rings. The average molecular weight is 370 g/mol. The van der Waals surface area contributed by atoms with Crippen molar-refractivity contribution in [1.29, 1.82) is 0 Å². The molecule has 8 nitrogen and oxygen atoms in total. The number of rotatable bonds is 7. The molecule has 1 heterocycles. The minimum absolute atomic E-state index is 0.0719. The molecule has 2 rings (SSSR count). The fourth-order valence-electron chi connectivity index (χ4n) is 2.67. The van der Waals surface area contributed by atoms with Crippen LogP contribution in [0.5, 0.6) is 0 Å². The first-order valence-corrected chi connectivity index (χ1v) is 9.67. The molecule has 0 aromatic heterocycles. The van der Waals surface area contributed by atoms with Crippen molar-refractivity contribution in [2.75, 3.05) is 12.9 Å². The third kappa shape index (κ3) is 4.17. The summed E-state index contributed by atoms with van der Waals surface area (Å²) >= 11 is 0. The summed E-state index contributed by atoms with van der Waals surface area (Å²) in [5.41, 5.74) is 3.89. The summed E-state index contributed by atoms with van der Waals surface area (Å²) in [6.45, 7) is 1.32. The van der Waals surface area contributed by atoms with E-state index in [4.69, 9.17) is 15.2 Å². The van der Waals surface area contributed by atoms with Gasteiger partial charge < -0.3 is 9.94 Å². The van der Waals surface area contributed by atoms with Gasteiger partial charge in [0.2, 0.25) is 0 Å². The van der Waals surface area contributed by atoms with E-state index in [0.717, 1.165) is 17.4 Å². The second-order valence-corrected chi connectivity index (χ2v) is 8.73. The van der Waals surface area contributed by atoms with E-state index < -0.39 is 26.6 Å². The highest BCUT2D eigenvalue weighted by Crippen LogP contribution is 2.29. The van der Waals surface area contributed by atoms with E-state index in [-0.39, 0.29) is 13.0 Å². The first kappa shape index (κ1) is 19.4. The maximum atomic E-state index is 12.0. The summed E-state index contributed by atoms with van der Waals surface area (Å²) in [6.07, 6.45) is 1.13. The summed E-state index contributed by atoms with van der Waals surface area (Å²) in [6, 6.07) is 7.46. The van der Waals surface area contributed by atoms with E-state index in [2.05, 4.69) is 5.16 Å². The molecule has 0 unspecified atom stereocenters. The Kier molecular flexibility index (Phi) is 5.81. The summed E-state index contributed by atoms with van der Waals surface area (Å²) in [7, 11) is -3.78. The van der Waals surface area contributed by atoms with Crippen LogP contribution in [0.3, 0.4) is 0 Å². The molecule has 0 saturated heterocycles. The highest BCUT2D eigenvalue weighted by atomic mass is 32.2. The maximum absolute atomic E-state index is 12.0. The fraction of sp³-hybridized carbons (Fsp3) is 0.500. The van der Waals surface area contributed by atoms with Gasteiger partial charge in [-0.05, 0) is 24.5 Å². The second kappa shape index (κ2) is 7.51. The number of oxime groups is 1. The van der Waals surface area contributed by atoms with Crippen molar-refractivity contribution in [2.45, 2.75) is 37.0 Å². The Bertz CT molecular complexity index is 759. The fourth-order valence-corrected chi connectivity index (χ4v) is 3.54. The number of hydrogen-bond acceptors (Lipinski definition) is 7. The second-order valence-electron chi connectivity index (χ2n) is 6.29. The van der Waals surface area contributed by atoms with E-state index in [1.165, 1.54) is 12.4 Å². The SMILES string of the molecule is C[C@@](C[C@H]1CC(c2ccc(CCO)cc2)=NO1)(C(=O)NO)S(C)(=O)=O. The van der Waals surface area contributed by atoms with E-state index in [9.17, 15) is 13.2 Å². The smallest absolute Gasteiger partial charge is 0.264 e. The predicted octanol–water partition coefficient (Wildman–Crippen LogP) is 0.413. The van der Waals surface area contributed by atoms with Crippen LogP contribution < -0.4 is 5.48 Å². The quantitative estimate of drug-likeness (QED) is 0.472. The number of nitrogens with zero attached hydrogens (tertiary/aromatic N) is 1. The highest BCUT2D eigenvalue weighted by Gasteiger charge is 2.47. The third-order valence-corrected chi connectivity index (χ3v) is 6.43. The van der Waals surface area contributed by atoms with Gasteiger partial charge in [-0.15, -0.1) is 0 Å². The van der Waals surface area contributed by atoms with Crippen molar-refractivity contribution in [3.63, 3.8) is 0 Å². The van der Waals surface area contributed by atoms with Crippen molar-refractivity contribution in [1.82, 2.24) is 5.48 Å². The number of sulfone groups is 1. The number of aliphatic hydroxyl groups is 1. The molecule has 0 aliphatic carbocycles. The lowest BCUT2D eigenvalue weighted by molar-refractivity contribution is -0.132. The molecule has 25 heavy (non-hydrogen) atoms. The normalized spacial score (nSPS) is 19.7. The Balaban J connectivity index is 2.09. The Labute approximate surface area is 146 Å². The zero-order valence-electron chi connectivity index (χ0n) is 14.1. The lowest BCUT2D eigenvalue weighted by Gasteiger charge is -2.26. The van der Waals surface area contributed by atoms with Gasteiger partial charge in [0, 0.05) is 25.7 Å². The number of hydrogen-bond donors (Lipinski definition) is 3. The molecule has 1 aliphatic rings. The van der Waals surface area contributed by atoms with Crippen LogP contribution in [0.15, 0.2) is 29.4 Å². The Morgan fingerprint density at radius 1 is 1.40 bits per heavy atom. The molecule has 0 bridgehead atoms. The molecule has 3 N–H and O–H groups in total. The predicted molar refractivity (Wildman–Crippen MR) is 91.1 cm³/mol. The van der Waals surface area contributed by atoms with E-state index in [1.54, 1.807) is 0 Å². The van der Waals surface area contributed by atoms with Gasteiger partial charge in [-0.3, -0.25) is 10.0 Å². The topological polar surface area (TPSA) is 125 Å². The van der Waals surface area contributed by atoms with Crippen LogP contribution in [0.4, 0.5) is 0 Å². The van der Waals surface area contributed by atoms with Gasteiger partial charge in [0.25, 0.3) is 5.91 Å². The highest BCUT2D eigenvalue weighted by molar-refractivity contribution is 7.92. The number of carbonyl (C=O) groups excluding carboxylic acids is 1. The lowest BCUT2D eigenvalue weighted by atomic mass is 9.96. The van der Waals surface area contributed by atoms with Crippen LogP contribution in [-0.2, 0) is 25.9 Å². The molecule has 2 atom stereocenters. The van der Waals surface area contributed by atoms with E-state index >= 15 is 0 Å². The lowest BCUT2D eigenvalue weighted by Crippen LogP contribution is -2.51. The summed E-state index contributed by atoms with van der Waals surface area (Å²) in [4.78, 5) is 17.2. The zero-order valence-corrected chi connectivity index (χ0v) is 14.9. The molecule has 0 spiro atoms. The van der Waals surface area contributed by atoms with Gasteiger partial charge in [0.15, 0.2) is 14.6 Å². The number of carbonyl (C=O) groups is 1. The molecule has 0 radical (unpaired) electrons. The van der Waals surface area contributed by atoms with Crippen molar-refractivity contribution < 1.29 is 28.4 Å². The number of amides is 1. The average Bonchev–Trinajstić information content (AvgIpc) is 3.02. The monoisotopic (exact) mass is 370 g/mol. The number of nitrogens with one attached hydrogen (secondary N) is 1. The van der Waals surface area contributed by atoms with E-state index in [0.29, 0.717) is 18.6 Å². The first-order valence-electron chi connectivity index (χ1n) is 7.78. The minimum Gasteiger partial charge on any atom is -0.396 e. The van der Waals surface area contributed by atoms with Gasteiger partial charge in [0.1, 0.15) is 6.10 Å². The standard InChI is InChI=1S/C16H22N2O6S/c1-16(15(20)17-21,25(2,22)23)10-13-9-14(18-24-13)12-5-3-11(4-6-12)7-8-19/h3-6,13,19,21H,7-10H2,1-2H3,(H,17,20)/t13-,16-/m1/s1. The third-order valence-electron chi connectivity index (χ3n) is 4.44. The summed E-state index contributed by atoms with van der Waals surface area (Å²) in [5, 5.41) is 21.8. The molecular formula is C16H22N2O6S. The van der Waals surface area contributed by atoms with Crippen LogP contribution in [0.1, 0.15) is 30.9 Å². The summed E-state index contributed by atoms with van der Waals surface area (Å²) in [5.74, 6) is -1.000. The van der Waals surface area contributed by atoms with Crippen LogP contribution in [0.2, 0.25) is 0 Å². The van der Waals surface area contributed by atoms with Gasteiger partial charge in [-0.25, -0.2) is 13.9 Å². The van der Waals surface area contributed by atoms with Crippen molar-refractivity contribution in [3.05, 3.63) is 35.4 Å². The van der Waals surface area contributed by atoms with Gasteiger partial charge in [0.05, 0.1) is 5.71 Å². The molecular weight excluding hydrogens is 348 g/mol. The van der Waals surface area contributed by atoms with E-state index in [1.807, 2.05) is 24.3 Å². The van der Waals surface area contributed by atoms with Crippen molar-refractivity contribution in [2.24, 2.45) is 5.16 Å². The zero-order chi connectivity index (χ0) is 18.7. The number of aliphatic hydroxyl groups excluding tert-OH is 1. The Hall–Kier alpha value is -1.97. The maximum Gasteiger partial charge on any atom is 0.264 e. The van der Waals surface area contributed by atoms with Crippen LogP contribution in [0.25, 0.3) is 0 Å². The molecule has 9 heteroatoms. The molecule has 1 amide bonds. The van der Waals surface area contributed by atoms with Crippen molar-refractivity contribution >= 4 is 21.5 Å². The molecule has 0 saturated carbocycles. The van der Waals surface area contributed by atoms with Crippen LogP contribution >= 0.6 is 0 Å². The minimum atomic E-state index is -3.78. The molecule has 1 aliphatic heterocycles. The van der Waals surface area contributed by atoms with Crippen LogP contribution in [-0.4, -0.2) is 54.1 Å². The molecule has 1 aromatic carbocycles. The molecule has 1 aromatic rings. The van der Waals surface area contributed by atoms with Gasteiger partial charge >= 0.3 is 0 Å². The number of benzene rings is 1. The van der Waals surface area contributed by atoms with Crippen molar-refractivity contribution in [3.8, 4) is 0 Å². The van der Waals surface area contributed by atoms with Crippen LogP contribution in [0, 0.1) is 0 Å². The Morgan fingerprint density at radius 2 is 2.04 bits per heavy atom. The summed E-state index contributed by atoms with van der Waals surface area (Å²) < 4.78 is 22.2. The van der Waals surface area contributed by atoms with Gasteiger partial charge in [-0.2, -0.15) is 0 Å². The first-order chi connectivity index (χ1) is 11.7.